The van der Waals surface area contributed by atoms with Gasteiger partial charge in [0.1, 0.15) is 5.75 Å². The fourth-order valence-electron chi connectivity index (χ4n) is 2.17. The fraction of sp³-hybridized carbons (Fsp3) is 0.538. The quantitative estimate of drug-likeness (QED) is 0.824. The van der Waals surface area contributed by atoms with E-state index in [1.807, 2.05) is 24.3 Å². The largest absolute Gasteiger partial charge is 0.496 e. The van der Waals surface area contributed by atoms with E-state index in [-0.39, 0.29) is 5.41 Å². The first-order valence-electron chi connectivity index (χ1n) is 5.37. The predicted octanol–water partition coefficient (Wildman–Crippen LogP) is 2.77. The molecule has 82 valence electrons. The highest BCUT2D eigenvalue weighted by atomic mass is 16.5. The van der Waals surface area contributed by atoms with Gasteiger partial charge in [-0.2, -0.15) is 0 Å². The highest BCUT2D eigenvalue weighted by molar-refractivity contribution is 5.36. The summed E-state index contributed by atoms with van der Waals surface area (Å²) in [4.78, 5) is 0. The zero-order valence-corrected chi connectivity index (χ0v) is 9.53. The van der Waals surface area contributed by atoms with Gasteiger partial charge in [-0.15, -0.1) is 0 Å². The number of aliphatic hydroxyl groups excluding tert-OH is 1. The fourth-order valence-corrected chi connectivity index (χ4v) is 2.17. The molecule has 0 bridgehead atoms. The Morgan fingerprint density at radius 1 is 1.40 bits per heavy atom. The third kappa shape index (κ3) is 1.86. The van der Waals surface area contributed by atoms with Gasteiger partial charge in [-0.05, 0) is 23.8 Å². The van der Waals surface area contributed by atoms with E-state index in [4.69, 9.17) is 4.74 Å². The van der Waals surface area contributed by atoms with Crippen molar-refractivity contribution in [1.29, 1.82) is 0 Å². The second-order valence-corrected chi connectivity index (χ2v) is 4.99. The van der Waals surface area contributed by atoms with E-state index >= 15 is 0 Å². The Bertz CT molecular complexity index is 357. The topological polar surface area (TPSA) is 29.5 Å². The van der Waals surface area contributed by atoms with Crippen LogP contribution in [0.25, 0.3) is 0 Å². The molecule has 1 aromatic carbocycles. The van der Waals surface area contributed by atoms with Crippen molar-refractivity contribution in [3.63, 3.8) is 0 Å². The van der Waals surface area contributed by atoms with Gasteiger partial charge >= 0.3 is 0 Å². The minimum atomic E-state index is -0.392. The molecule has 1 aliphatic carbocycles. The van der Waals surface area contributed by atoms with Gasteiger partial charge in [0.25, 0.3) is 0 Å². The summed E-state index contributed by atoms with van der Waals surface area (Å²) in [6.45, 7) is 4.38. The van der Waals surface area contributed by atoms with Crippen molar-refractivity contribution in [3.05, 3.63) is 29.8 Å². The van der Waals surface area contributed by atoms with Gasteiger partial charge in [0.15, 0.2) is 0 Å². The van der Waals surface area contributed by atoms with Crippen LogP contribution in [0.3, 0.4) is 0 Å². The van der Waals surface area contributed by atoms with E-state index < -0.39 is 6.10 Å². The minimum Gasteiger partial charge on any atom is -0.496 e. The number of ether oxygens (including phenoxy) is 1. The monoisotopic (exact) mass is 206 g/mol. The van der Waals surface area contributed by atoms with E-state index in [1.54, 1.807) is 7.11 Å². The molecule has 1 aliphatic rings. The molecule has 0 spiro atoms. The second-order valence-electron chi connectivity index (χ2n) is 4.99. The molecule has 0 amide bonds. The molecule has 2 heteroatoms. The van der Waals surface area contributed by atoms with Gasteiger partial charge in [0.2, 0.25) is 0 Å². The molecule has 1 saturated carbocycles. The van der Waals surface area contributed by atoms with Crippen LogP contribution >= 0.6 is 0 Å². The van der Waals surface area contributed by atoms with Crippen LogP contribution in [-0.2, 0) is 0 Å². The second kappa shape index (κ2) is 3.53. The molecule has 0 aromatic heterocycles. The summed E-state index contributed by atoms with van der Waals surface area (Å²) in [5.41, 5.74) is 1.19. The molecule has 2 rings (SSSR count). The molecule has 0 aliphatic heterocycles. The molecule has 2 unspecified atom stereocenters. The number of hydrogen-bond donors (Lipinski definition) is 1. The Morgan fingerprint density at radius 3 is 2.53 bits per heavy atom. The van der Waals surface area contributed by atoms with Crippen LogP contribution in [0.5, 0.6) is 5.75 Å². The van der Waals surface area contributed by atoms with Crippen LogP contribution < -0.4 is 4.74 Å². The maximum absolute atomic E-state index is 10.2. The number of benzene rings is 1. The van der Waals surface area contributed by atoms with Crippen molar-refractivity contribution >= 4 is 0 Å². The Kier molecular flexibility index (Phi) is 2.47. The zero-order valence-electron chi connectivity index (χ0n) is 9.53. The summed E-state index contributed by atoms with van der Waals surface area (Å²) < 4.78 is 5.25. The van der Waals surface area contributed by atoms with Gasteiger partial charge in [0, 0.05) is 5.56 Å². The first kappa shape index (κ1) is 10.5. The zero-order chi connectivity index (χ0) is 11.1. The van der Waals surface area contributed by atoms with Crippen molar-refractivity contribution < 1.29 is 9.84 Å². The van der Waals surface area contributed by atoms with Gasteiger partial charge in [0.05, 0.1) is 13.2 Å². The van der Waals surface area contributed by atoms with Crippen molar-refractivity contribution in [2.24, 2.45) is 11.3 Å². The third-order valence-electron chi connectivity index (χ3n) is 3.43. The summed E-state index contributed by atoms with van der Waals surface area (Å²) in [7, 11) is 1.64. The average Bonchev–Trinajstić information content (AvgIpc) is 2.86. The van der Waals surface area contributed by atoms with Gasteiger partial charge in [-0.25, -0.2) is 0 Å². The maximum Gasteiger partial charge on any atom is 0.124 e. The van der Waals surface area contributed by atoms with Crippen LogP contribution in [0.4, 0.5) is 0 Å². The molecule has 2 atom stereocenters. The summed E-state index contributed by atoms with van der Waals surface area (Å²) >= 11 is 0. The third-order valence-corrected chi connectivity index (χ3v) is 3.43. The first-order chi connectivity index (χ1) is 7.06. The van der Waals surface area contributed by atoms with Crippen LogP contribution in [-0.4, -0.2) is 12.2 Å². The highest BCUT2D eigenvalue weighted by Crippen LogP contribution is 2.58. The Morgan fingerprint density at radius 2 is 2.00 bits per heavy atom. The summed E-state index contributed by atoms with van der Waals surface area (Å²) in [6, 6.07) is 7.70. The molecule has 0 saturated heterocycles. The summed E-state index contributed by atoms with van der Waals surface area (Å²) in [5, 5.41) is 10.2. The van der Waals surface area contributed by atoms with Crippen molar-refractivity contribution in [2.75, 3.05) is 7.11 Å². The predicted molar refractivity (Wildman–Crippen MR) is 59.8 cm³/mol. The number of aliphatic hydroxyl groups is 1. The van der Waals surface area contributed by atoms with Crippen LogP contribution in [0, 0.1) is 11.3 Å². The van der Waals surface area contributed by atoms with E-state index in [0.29, 0.717) is 5.92 Å². The molecule has 2 nitrogen and oxygen atoms in total. The minimum absolute atomic E-state index is 0.278. The van der Waals surface area contributed by atoms with Gasteiger partial charge in [-0.1, -0.05) is 32.0 Å². The van der Waals surface area contributed by atoms with Crippen LogP contribution in [0.1, 0.15) is 31.9 Å². The lowest BCUT2D eigenvalue weighted by molar-refractivity contribution is 0.135. The summed E-state index contributed by atoms with van der Waals surface area (Å²) in [5.74, 6) is 1.15. The van der Waals surface area contributed by atoms with Crippen LogP contribution in [0.2, 0.25) is 0 Å². The van der Waals surface area contributed by atoms with Crippen molar-refractivity contribution in [2.45, 2.75) is 26.4 Å². The Labute approximate surface area is 90.9 Å². The smallest absolute Gasteiger partial charge is 0.124 e. The molecule has 1 aromatic rings. The number of para-hydroxylation sites is 1. The number of rotatable bonds is 3. The average molecular weight is 206 g/mol. The number of hydrogen-bond acceptors (Lipinski definition) is 2. The molecular formula is C13H18O2. The van der Waals surface area contributed by atoms with E-state index in [1.165, 1.54) is 0 Å². The molecular weight excluding hydrogens is 188 g/mol. The van der Waals surface area contributed by atoms with E-state index in [2.05, 4.69) is 13.8 Å². The lowest BCUT2D eigenvalue weighted by atomic mass is 9.99. The Hall–Kier alpha value is -1.02. The SMILES string of the molecule is COc1ccccc1C(O)C1CC1(C)C. The molecule has 1 fully saturated rings. The normalized spacial score (nSPS) is 24.7. The summed E-state index contributed by atoms with van der Waals surface area (Å²) in [6.07, 6.45) is 0.697. The van der Waals surface area contributed by atoms with E-state index in [0.717, 1.165) is 17.7 Å². The Balaban J connectivity index is 2.22. The number of methoxy groups -OCH3 is 1. The van der Waals surface area contributed by atoms with Gasteiger partial charge in [-0.3, -0.25) is 0 Å². The maximum atomic E-state index is 10.2. The first-order valence-corrected chi connectivity index (χ1v) is 5.37. The van der Waals surface area contributed by atoms with Gasteiger partial charge < -0.3 is 9.84 Å². The van der Waals surface area contributed by atoms with E-state index in [9.17, 15) is 5.11 Å². The van der Waals surface area contributed by atoms with Crippen molar-refractivity contribution in [1.82, 2.24) is 0 Å². The van der Waals surface area contributed by atoms with Crippen molar-refractivity contribution in [3.8, 4) is 5.75 Å². The molecule has 0 heterocycles. The highest BCUT2D eigenvalue weighted by Gasteiger charge is 2.50. The van der Waals surface area contributed by atoms with Crippen LogP contribution in [0.15, 0.2) is 24.3 Å². The molecule has 1 N–H and O–H groups in total. The molecule has 15 heavy (non-hydrogen) atoms. The lowest BCUT2D eigenvalue weighted by Crippen LogP contribution is -2.06. The lowest BCUT2D eigenvalue weighted by Gasteiger charge is -2.15. The molecule has 0 radical (unpaired) electrons. The standard InChI is InChI=1S/C13H18O2/c1-13(2)8-10(13)12(14)9-6-4-5-7-11(9)15-3/h4-7,10,12,14H,8H2,1-3H3.